The average molecular weight is 322 g/mol. The van der Waals surface area contributed by atoms with Crippen molar-refractivity contribution in [2.24, 2.45) is 5.92 Å². The van der Waals surface area contributed by atoms with Gasteiger partial charge in [-0.2, -0.15) is 0 Å². The maximum Gasteiger partial charge on any atom is 0.335 e. The minimum Gasteiger partial charge on any atom is -0.451 e. The Labute approximate surface area is 132 Å². The largest absolute Gasteiger partial charge is 0.451 e. The van der Waals surface area contributed by atoms with Crippen molar-refractivity contribution in [1.82, 2.24) is 0 Å². The van der Waals surface area contributed by atoms with Crippen LogP contribution in [0.1, 0.15) is 39.7 Å². The average Bonchev–Trinajstić information content (AvgIpc) is 2.57. The second kappa shape index (κ2) is 5.54. The number of hydrogen-bond acceptors (Lipinski definition) is 4. The Morgan fingerprint density at radius 3 is 2.14 bits per heavy atom. The van der Waals surface area contributed by atoms with Gasteiger partial charge in [0.25, 0.3) is 0 Å². The van der Waals surface area contributed by atoms with E-state index < -0.39 is 15.4 Å². The van der Waals surface area contributed by atoms with Gasteiger partial charge in [0.2, 0.25) is 0 Å². The number of cyclic esters (lactones) is 1. The molecule has 120 valence electrons. The molecule has 0 bridgehead atoms. The Morgan fingerprint density at radius 1 is 1.14 bits per heavy atom. The Hall–Kier alpha value is -1.62. The summed E-state index contributed by atoms with van der Waals surface area (Å²) in [5.41, 5.74) is 1.67. The Balaban J connectivity index is 2.55. The lowest BCUT2D eigenvalue weighted by Crippen LogP contribution is -2.22. The minimum atomic E-state index is -3.23. The van der Waals surface area contributed by atoms with E-state index in [1.165, 1.54) is 6.26 Å². The van der Waals surface area contributed by atoms with Gasteiger partial charge in [0.1, 0.15) is 5.60 Å². The minimum absolute atomic E-state index is 0.269. The molecule has 1 aromatic carbocycles. The Bertz CT molecular complexity index is 722. The van der Waals surface area contributed by atoms with Crippen molar-refractivity contribution in [3.63, 3.8) is 0 Å². The van der Waals surface area contributed by atoms with Crippen molar-refractivity contribution in [1.29, 1.82) is 0 Å². The number of benzene rings is 1. The molecule has 0 saturated heterocycles. The molecule has 1 aliphatic rings. The van der Waals surface area contributed by atoms with Crippen LogP contribution in [-0.4, -0.2) is 26.2 Å². The standard InChI is InChI=1S/C17H22O4S/c1-11(2)10-14-15(17(3,4)21-16(14)18)12-6-8-13(9-7-12)22(5,19)20/h6-9,11H,10H2,1-5H3. The van der Waals surface area contributed by atoms with Crippen molar-refractivity contribution in [2.75, 3.05) is 6.26 Å². The molecule has 0 spiro atoms. The molecule has 0 aliphatic carbocycles. The van der Waals surface area contributed by atoms with E-state index in [-0.39, 0.29) is 10.9 Å². The fraction of sp³-hybridized carbons (Fsp3) is 0.471. The first-order valence-electron chi connectivity index (χ1n) is 7.30. The zero-order valence-corrected chi connectivity index (χ0v) is 14.5. The summed E-state index contributed by atoms with van der Waals surface area (Å²) in [6.45, 7) is 7.82. The van der Waals surface area contributed by atoms with Gasteiger partial charge in [-0.05, 0) is 43.9 Å². The maximum atomic E-state index is 12.2. The predicted octanol–water partition coefficient (Wildman–Crippen LogP) is 3.23. The second-order valence-electron chi connectivity index (χ2n) is 6.65. The highest BCUT2D eigenvalue weighted by molar-refractivity contribution is 7.90. The molecule has 0 radical (unpaired) electrons. The summed E-state index contributed by atoms with van der Waals surface area (Å²) in [4.78, 5) is 12.4. The predicted molar refractivity (Wildman–Crippen MR) is 86.1 cm³/mol. The molecule has 0 aromatic heterocycles. The van der Waals surface area contributed by atoms with Crippen molar-refractivity contribution in [3.05, 3.63) is 35.4 Å². The third-order valence-corrected chi connectivity index (χ3v) is 4.81. The summed E-state index contributed by atoms with van der Waals surface area (Å²) < 4.78 is 28.6. The van der Waals surface area contributed by atoms with E-state index in [0.29, 0.717) is 17.9 Å². The van der Waals surface area contributed by atoms with Gasteiger partial charge >= 0.3 is 5.97 Å². The van der Waals surface area contributed by atoms with E-state index in [4.69, 9.17) is 4.74 Å². The fourth-order valence-electron chi connectivity index (χ4n) is 2.79. The number of ether oxygens (including phenoxy) is 1. The zero-order valence-electron chi connectivity index (χ0n) is 13.6. The molecule has 1 heterocycles. The highest BCUT2D eigenvalue weighted by atomic mass is 32.2. The molecule has 0 N–H and O–H groups in total. The van der Waals surface area contributed by atoms with E-state index in [0.717, 1.165) is 11.1 Å². The molecule has 1 aromatic rings. The van der Waals surface area contributed by atoms with E-state index in [9.17, 15) is 13.2 Å². The number of esters is 1. The summed E-state index contributed by atoms with van der Waals surface area (Å²) in [5.74, 6) is 0.0580. The Kier molecular flexibility index (Phi) is 4.22. The number of carbonyl (C=O) groups excluding carboxylic acids is 1. The lowest BCUT2D eigenvalue weighted by Gasteiger charge is -2.22. The zero-order chi connectivity index (χ0) is 16.7. The van der Waals surface area contributed by atoms with Crippen LogP contribution in [0.15, 0.2) is 34.7 Å². The normalized spacial score (nSPS) is 18.0. The molecule has 1 aliphatic heterocycles. The molecular weight excluding hydrogens is 300 g/mol. The SMILES string of the molecule is CC(C)CC1=C(c2ccc(S(C)(=O)=O)cc2)C(C)(C)OC1=O. The summed E-state index contributed by atoms with van der Waals surface area (Å²) in [7, 11) is -3.23. The van der Waals surface area contributed by atoms with Gasteiger partial charge in [-0.25, -0.2) is 13.2 Å². The van der Waals surface area contributed by atoms with Crippen LogP contribution in [0.4, 0.5) is 0 Å². The first-order chi connectivity index (χ1) is 10.0. The van der Waals surface area contributed by atoms with Crippen LogP contribution in [0.25, 0.3) is 5.57 Å². The van der Waals surface area contributed by atoms with Crippen molar-refractivity contribution >= 4 is 21.4 Å². The summed E-state index contributed by atoms with van der Waals surface area (Å²) in [6.07, 6.45) is 1.82. The lowest BCUT2D eigenvalue weighted by molar-refractivity contribution is -0.144. The van der Waals surface area contributed by atoms with Crippen LogP contribution < -0.4 is 0 Å². The van der Waals surface area contributed by atoms with Gasteiger partial charge in [0, 0.05) is 17.4 Å². The first kappa shape index (κ1) is 16.7. The highest BCUT2D eigenvalue weighted by Gasteiger charge is 2.40. The van der Waals surface area contributed by atoms with Crippen molar-refractivity contribution < 1.29 is 17.9 Å². The van der Waals surface area contributed by atoms with E-state index in [2.05, 4.69) is 13.8 Å². The smallest absolute Gasteiger partial charge is 0.335 e. The van der Waals surface area contributed by atoms with Gasteiger partial charge in [0.15, 0.2) is 9.84 Å². The molecule has 0 unspecified atom stereocenters. The third-order valence-electron chi connectivity index (χ3n) is 3.68. The summed E-state index contributed by atoms with van der Waals surface area (Å²) >= 11 is 0. The molecule has 2 rings (SSSR count). The van der Waals surface area contributed by atoms with E-state index in [1.54, 1.807) is 24.3 Å². The molecule has 0 saturated carbocycles. The van der Waals surface area contributed by atoms with Crippen LogP contribution in [0.5, 0.6) is 0 Å². The fourth-order valence-corrected chi connectivity index (χ4v) is 3.42. The molecule has 4 nitrogen and oxygen atoms in total. The monoisotopic (exact) mass is 322 g/mol. The molecular formula is C17H22O4S. The van der Waals surface area contributed by atoms with Crippen LogP contribution in [-0.2, 0) is 19.4 Å². The maximum absolute atomic E-state index is 12.2. The topological polar surface area (TPSA) is 60.4 Å². The number of rotatable bonds is 4. The van der Waals surface area contributed by atoms with Gasteiger partial charge < -0.3 is 4.74 Å². The van der Waals surface area contributed by atoms with Crippen LogP contribution in [0.3, 0.4) is 0 Å². The van der Waals surface area contributed by atoms with Gasteiger partial charge in [-0.1, -0.05) is 26.0 Å². The number of carbonyl (C=O) groups is 1. The van der Waals surface area contributed by atoms with Crippen LogP contribution >= 0.6 is 0 Å². The number of sulfone groups is 1. The van der Waals surface area contributed by atoms with Crippen molar-refractivity contribution in [3.8, 4) is 0 Å². The van der Waals surface area contributed by atoms with Gasteiger partial charge in [0.05, 0.1) is 4.90 Å². The Morgan fingerprint density at radius 2 is 1.68 bits per heavy atom. The first-order valence-corrected chi connectivity index (χ1v) is 9.19. The molecule has 22 heavy (non-hydrogen) atoms. The molecule has 5 heteroatoms. The molecule has 0 fully saturated rings. The second-order valence-corrected chi connectivity index (χ2v) is 8.66. The van der Waals surface area contributed by atoms with E-state index in [1.807, 2.05) is 13.8 Å². The van der Waals surface area contributed by atoms with Crippen LogP contribution in [0.2, 0.25) is 0 Å². The summed E-state index contributed by atoms with van der Waals surface area (Å²) in [5, 5.41) is 0. The highest BCUT2D eigenvalue weighted by Crippen LogP contribution is 2.41. The van der Waals surface area contributed by atoms with Gasteiger partial charge in [-0.15, -0.1) is 0 Å². The summed E-state index contributed by atoms with van der Waals surface area (Å²) in [6, 6.07) is 6.64. The van der Waals surface area contributed by atoms with E-state index >= 15 is 0 Å². The quantitative estimate of drug-likeness (QED) is 0.799. The van der Waals surface area contributed by atoms with Crippen molar-refractivity contribution in [2.45, 2.75) is 44.6 Å². The third kappa shape index (κ3) is 3.24. The molecule has 0 amide bonds. The van der Waals surface area contributed by atoms with Crippen LogP contribution in [0, 0.1) is 5.92 Å². The molecule has 0 atom stereocenters. The lowest BCUT2D eigenvalue weighted by atomic mass is 9.86. The van der Waals surface area contributed by atoms with Gasteiger partial charge in [-0.3, -0.25) is 0 Å². The number of hydrogen-bond donors (Lipinski definition) is 0.